The van der Waals surface area contributed by atoms with Gasteiger partial charge in [0.1, 0.15) is 18.1 Å². The number of amides is 10. The molecule has 23 nitrogen and oxygen atoms in total. The van der Waals surface area contributed by atoms with Gasteiger partial charge in [-0.25, -0.2) is 10.3 Å². The van der Waals surface area contributed by atoms with E-state index in [1.165, 1.54) is 4.90 Å². The lowest BCUT2D eigenvalue weighted by atomic mass is 9.92. The van der Waals surface area contributed by atoms with Crippen molar-refractivity contribution < 1.29 is 48.4 Å². The standard InChI is InChI=1S/C39H67N13O10S/c1-22(2)17-23(18-30(54)51-62)37(60)52-16-8-11-27(52)36(59)48-25(10-7-15-44-38(41)42)35(58)46-19-31(55)45-20-32(56)47-24(34(40)57)9-5-6-14-43-29(53)13-4-3-12-28-33-26(21-63-28)49-39(61)50-33/h22-28,33,62H,3-21H2,1-2H3,(H2,40,57)(H,43,53)(H,45,55)(H,46,58)(H,47,56)(H,48,59)(H,51,54)(H4,41,42,44)(H2,49,50,61)/t23?,24-,25-,26-,27-,28-,33-/m0/s1. The minimum absolute atomic E-state index is 0.0426. The maximum absolute atomic E-state index is 13.6. The molecule has 3 fully saturated rings. The molecule has 0 aromatic carbocycles. The first kappa shape index (κ1) is 52.0. The Bertz CT molecular complexity index is 1650. The van der Waals surface area contributed by atoms with Gasteiger partial charge < -0.3 is 59.3 Å². The van der Waals surface area contributed by atoms with E-state index >= 15 is 0 Å². The monoisotopic (exact) mass is 909 g/mol. The highest BCUT2D eigenvalue weighted by Gasteiger charge is 2.43. The summed E-state index contributed by atoms with van der Waals surface area (Å²) in [5.41, 5.74) is 17.9. The minimum Gasteiger partial charge on any atom is -0.370 e. The summed E-state index contributed by atoms with van der Waals surface area (Å²) >= 11 is 1.83. The number of unbranched alkanes of at least 4 members (excludes halogenated alkanes) is 2. The van der Waals surface area contributed by atoms with Crippen molar-refractivity contribution in [1.82, 2.24) is 47.6 Å². The van der Waals surface area contributed by atoms with Crippen LogP contribution < -0.4 is 59.9 Å². The van der Waals surface area contributed by atoms with Gasteiger partial charge in [-0.1, -0.05) is 20.3 Å². The fourth-order valence-corrected chi connectivity index (χ4v) is 9.36. The highest BCUT2D eigenvalue weighted by Crippen LogP contribution is 2.33. The van der Waals surface area contributed by atoms with E-state index in [0.717, 1.165) is 25.0 Å². The molecule has 354 valence electrons. The van der Waals surface area contributed by atoms with Gasteiger partial charge in [0.2, 0.25) is 47.3 Å². The third kappa shape index (κ3) is 18.5. The van der Waals surface area contributed by atoms with E-state index in [0.29, 0.717) is 50.3 Å². The lowest BCUT2D eigenvalue weighted by Crippen LogP contribution is -2.55. The van der Waals surface area contributed by atoms with Crippen LogP contribution in [-0.2, 0) is 38.4 Å². The third-order valence-corrected chi connectivity index (χ3v) is 12.5. The van der Waals surface area contributed by atoms with Crippen LogP contribution in [0, 0.1) is 11.8 Å². The Balaban J connectivity index is 1.39. The molecular formula is C39H67N13O10S. The molecule has 0 aromatic heterocycles. The second kappa shape index (κ2) is 26.9. The van der Waals surface area contributed by atoms with Crippen LogP contribution in [0.25, 0.3) is 0 Å². The highest BCUT2D eigenvalue weighted by atomic mass is 32.2. The molecule has 0 aromatic rings. The molecule has 1 unspecified atom stereocenters. The second-order valence-electron chi connectivity index (χ2n) is 16.5. The summed E-state index contributed by atoms with van der Waals surface area (Å²) < 4.78 is 0. The van der Waals surface area contributed by atoms with Gasteiger partial charge in [0.25, 0.3) is 0 Å². The number of rotatable bonds is 28. The van der Waals surface area contributed by atoms with Crippen molar-refractivity contribution in [1.29, 1.82) is 0 Å². The van der Waals surface area contributed by atoms with Crippen LogP contribution in [0.5, 0.6) is 0 Å². The van der Waals surface area contributed by atoms with Crippen LogP contribution in [0.3, 0.4) is 0 Å². The number of hydrogen-bond acceptors (Lipinski definition) is 12. The number of likely N-dealkylation sites (tertiary alicyclic amines) is 1. The zero-order chi connectivity index (χ0) is 46.5. The van der Waals surface area contributed by atoms with E-state index in [2.05, 4.69) is 42.2 Å². The van der Waals surface area contributed by atoms with Crippen LogP contribution >= 0.6 is 11.8 Å². The Labute approximate surface area is 371 Å². The normalized spacial score (nSPS) is 20.3. The summed E-state index contributed by atoms with van der Waals surface area (Å²) in [5.74, 6) is -4.77. The van der Waals surface area contributed by atoms with Gasteiger partial charge in [0.15, 0.2) is 5.96 Å². The molecule has 63 heavy (non-hydrogen) atoms. The molecule has 0 aliphatic carbocycles. The molecule has 0 saturated carbocycles. The number of hydroxylamine groups is 1. The molecule has 3 aliphatic rings. The van der Waals surface area contributed by atoms with E-state index < -0.39 is 78.5 Å². The van der Waals surface area contributed by atoms with E-state index in [1.807, 2.05) is 25.6 Å². The van der Waals surface area contributed by atoms with Gasteiger partial charge in [-0.2, -0.15) is 11.8 Å². The van der Waals surface area contributed by atoms with Crippen molar-refractivity contribution >= 4 is 71.0 Å². The zero-order valence-electron chi connectivity index (χ0n) is 36.2. The van der Waals surface area contributed by atoms with Gasteiger partial charge >= 0.3 is 6.03 Å². The molecular weight excluding hydrogens is 843 g/mol. The fraction of sp³-hybridized carbons (Fsp3) is 0.744. The SMILES string of the molecule is CC(C)CC(CC(=O)NO)C(=O)N1CCC[C@H]1C(=O)N[C@@H](CCCN=C(N)N)C(=O)NCC(=O)NCC(=O)N[C@@H](CCCCNC(=O)CCCC[C@@H]1SC[C@@H]2NC(=O)N[C@@H]21)C(N)=O. The quantitative estimate of drug-likeness (QED) is 0.00950. The number of hydrogen-bond donors (Lipinski definition) is 12. The molecule has 0 radical (unpaired) electrons. The molecule has 0 bridgehead atoms. The smallest absolute Gasteiger partial charge is 0.315 e. The number of fused-ring (bicyclic) bond motifs is 1. The van der Waals surface area contributed by atoms with Crippen molar-refractivity contribution in [3.63, 3.8) is 0 Å². The summed E-state index contributed by atoms with van der Waals surface area (Å²) in [6.07, 6.45) is 5.31. The summed E-state index contributed by atoms with van der Waals surface area (Å²) in [6, 6.07) is -2.93. The van der Waals surface area contributed by atoms with Crippen LogP contribution in [-0.4, -0.2) is 143 Å². The summed E-state index contributed by atoms with van der Waals surface area (Å²) in [5, 5.41) is 28.1. The lowest BCUT2D eigenvalue weighted by Gasteiger charge is -2.30. The predicted octanol–water partition coefficient (Wildman–Crippen LogP) is -2.71. The van der Waals surface area contributed by atoms with Crippen molar-refractivity contribution in [3.05, 3.63) is 0 Å². The molecule has 15 N–H and O–H groups in total. The molecule has 3 saturated heterocycles. The lowest BCUT2D eigenvalue weighted by molar-refractivity contribution is -0.145. The number of nitrogens with one attached hydrogen (secondary N) is 8. The average molecular weight is 910 g/mol. The van der Waals surface area contributed by atoms with Crippen molar-refractivity contribution in [2.75, 3.05) is 38.5 Å². The second-order valence-corrected chi connectivity index (χ2v) is 17.8. The van der Waals surface area contributed by atoms with Crippen LogP contribution in [0.4, 0.5) is 4.79 Å². The number of thioether (sulfide) groups is 1. The Morgan fingerprint density at radius 2 is 1.59 bits per heavy atom. The Kier molecular flexibility index (Phi) is 22.2. The number of carbonyl (C=O) groups excluding carboxylic acids is 9. The van der Waals surface area contributed by atoms with Gasteiger partial charge in [0.05, 0.1) is 25.2 Å². The van der Waals surface area contributed by atoms with Gasteiger partial charge in [-0.05, 0) is 70.1 Å². The number of guanidine groups is 1. The molecule has 7 atom stereocenters. The van der Waals surface area contributed by atoms with Crippen LogP contribution in [0.15, 0.2) is 4.99 Å². The van der Waals surface area contributed by atoms with E-state index in [9.17, 15) is 43.2 Å². The van der Waals surface area contributed by atoms with Crippen molar-refractivity contribution in [2.24, 2.45) is 34.0 Å². The predicted molar refractivity (Wildman–Crippen MR) is 232 cm³/mol. The zero-order valence-corrected chi connectivity index (χ0v) is 37.0. The Morgan fingerprint density at radius 1 is 0.857 bits per heavy atom. The summed E-state index contributed by atoms with van der Waals surface area (Å²) in [7, 11) is 0. The minimum atomic E-state index is -1.16. The van der Waals surface area contributed by atoms with E-state index in [4.69, 9.17) is 22.4 Å². The number of nitrogens with two attached hydrogens (primary N) is 3. The number of carbonyl (C=O) groups is 9. The first-order valence-electron chi connectivity index (χ1n) is 21.7. The van der Waals surface area contributed by atoms with Crippen molar-refractivity contribution in [2.45, 2.75) is 133 Å². The summed E-state index contributed by atoms with van der Waals surface area (Å²) in [6.45, 7) is 3.46. The highest BCUT2D eigenvalue weighted by molar-refractivity contribution is 8.00. The average Bonchev–Trinajstić information content (AvgIpc) is 3.97. The van der Waals surface area contributed by atoms with Crippen LogP contribution in [0.2, 0.25) is 0 Å². The maximum atomic E-state index is 13.6. The topological polar surface area (TPSA) is 364 Å². The van der Waals surface area contributed by atoms with E-state index in [-0.39, 0.29) is 74.7 Å². The van der Waals surface area contributed by atoms with Crippen LogP contribution in [0.1, 0.15) is 97.3 Å². The molecule has 3 heterocycles. The molecule has 0 spiro atoms. The largest absolute Gasteiger partial charge is 0.370 e. The Morgan fingerprint density at radius 3 is 2.29 bits per heavy atom. The Hall–Kier alpha value is -5.39. The molecule has 3 rings (SSSR count). The summed E-state index contributed by atoms with van der Waals surface area (Å²) in [4.78, 5) is 119. The number of urea groups is 1. The first-order valence-corrected chi connectivity index (χ1v) is 22.7. The number of aliphatic imine (C=N–C) groups is 1. The first-order chi connectivity index (χ1) is 30.0. The van der Waals surface area contributed by atoms with Gasteiger partial charge in [-0.15, -0.1) is 0 Å². The number of primary amides is 1. The third-order valence-electron chi connectivity index (χ3n) is 10.9. The van der Waals surface area contributed by atoms with E-state index in [1.54, 1.807) is 5.48 Å². The van der Waals surface area contributed by atoms with Gasteiger partial charge in [0, 0.05) is 49.4 Å². The van der Waals surface area contributed by atoms with Gasteiger partial charge in [-0.3, -0.25) is 48.6 Å². The number of nitrogens with zero attached hydrogens (tertiary/aromatic N) is 2. The maximum Gasteiger partial charge on any atom is 0.315 e. The molecule has 24 heteroatoms. The molecule has 3 aliphatic heterocycles. The molecule has 10 amide bonds. The van der Waals surface area contributed by atoms with Crippen molar-refractivity contribution in [3.8, 4) is 0 Å². The fourth-order valence-electron chi connectivity index (χ4n) is 7.81.